The number of carbonyl (C=O) groups is 2. The van der Waals surface area contributed by atoms with Gasteiger partial charge in [0.1, 0.15) is 9.21 Å². The highest BCUT2D eigenvalue weighted by atomic mass is 32.2. The van der Waals surface area contributed by atoms with Crippen molar-refractivity contribution in [2.75, 3.05) is 25.0 Å². The van der Waals surface area contributed by atoms with Crippen LogP contribution in [0.25, 0.3) is 0 Å². The molecule has 2 aromatic rings. The van der Waals surface area contributed by atoms with Crippen molar-refractivity contribution in [1.82, 2.24) is 4.31 Å². The SMILES string of the molecule is CCOC(=O)c1c(NC(=O)C2CCCN(S(=O)(=O)c3cccs3)C2)sc(C)c1C. The fourth-order valence-electron chi connectivity index (χ4n) is 3.29. The van der Waals surface area contributed by atoms with E-state index in [-0.39, 0.29) is 23.3 Å². The minimum absolute atomic E-state index is 0.129. The number of amides is 1. The largest absolute Gasteiger partial charge is 0.462 e. The van der Waals surface area contributed by atoms with Crippen LogP contribution in [-0.2, 0) is 19.6 Å². The predicted octanol–water partition coefficient (Wildman–Crippen LogP) is 3.64. The number of rotatable bonds is 6. The maximum absolute atomic E-state index is 12.9. The Kier molecular flexibility index (Phi) is 6.77. The second-order valence-electron chi connectivity index (χ2n) is 6.83. The predicted molar refractivity (Wildman–Crippen MR) is 114 cm³/mol. The zero-order chi connectivity index (χ0) is 21.2. The normalized spacial score (nSPS) is 17.8. The number of nitrogens with zero attached hydrogens (tertiary/aromatic N) is 1. The van der Waals surface area contributed by atoms with Gasteiger partial charge in [-0.05, 0) is 50.6 Å². The van der Waals surface area contributed by atoms with Crippen molar-refractivity contribution >= 4 is 49.6 Å². The molecule has 0 aliphatic carbocycles. The summed E-state index contributed by atoms with van der Waals surface area (Å²) in [7, 11) is -3.59. The lowest BCUT2D eigenvalue weighted by atomic mass is 9.99. The molecule has 158 valence electrons. The summed E-state index contributed by atoms with van der Waals surface area (Å²) in [6.07, 6.45) is 1.20. The summed E-state index contributed by atoms with van der Waals surface area (Å²) in [6.45, 7) is 6.21. The monoisotopic (exact) mass is 456 g/mol. The van der Waals surface area contributed by atoms with Crippen LogP contribution in [0.3, 0.4) is 0 Å². The molecule has 1 unspecified atom stereocenters. The quantitative estimate of drug-likeness (QED) is 0.670. The van der Waals surface area contributed by atoms with E-state index in [2.05, 4.69) is 5.32 Å². The average Bonchev–Trinajstić information content (AvgIpc) is 3.32. The Balaban J connectivity index is 1.76. The summed E-state index contributed by atoms with van der Waals surface area (Å²) in [5.74, 6) is -1.21. The lowest BCUT2D eigenvalue weighted by Crippen LogP contribution is -2.43. The fourth-order valence-corrected chi connectivity index (χ4v) is 7.01. The summed E-state index contributed by atoms with van der Waals surface area (Å²) in [4.78, 5) is 26.1. The van der Waals surface area contributed by atoms with Crippen LogP contribution >= 0.6 is 22.7 Å². The molecule has 2 aromatic heterocycles. The van der Waals surface area contributed by atoms with Crippen LogP contribution in [0, 0.1) is 19.8 Å². The van der Waals surface area contributed by atoms with E-state index >= 15 is 0 Å². The van der Waals surface area contributed by atoms with Crippen LogP contribution < -0.4 is 5.32 Å². The molecule has 0 radical (unpaired) electrons. The molecule has 1 fully saturated rings. The number of esters is 1. The number of aryl methyl sites for hydroxylation is 1. The van der Waals surface area contributed by atoms with Crippen LogP contribution in [-0.4, -0.2) is 44.3 Å². The van der Waals surface area contributed by atoms with Crippen molar-refractivity contribution < 1.29 is 22.7 Å². The zero-order valence-electron chi connectivity index (χ0n) is 16.6. The summed E-state index contributed by atoms with van der Waals surface area (Å²) in [5, 5.41) is 5.03. The summed E-state index contributed by atoms with van der Waals surface area (Å²) in [5.41, 5.74) is 1.16. The molecule has 1 atom stereocenters. The number of carbonyl (C=O) groups excluding carboxylic acids is 2. The molecule has 1 aliphatic heterocycles. The first-order valence-corrected chi connectivity index (χ1v) is 12.5. The molecule has 1 aliphatic rings. The molecule has 0 bridgehead atoms. The molecule has 1 N–H and O–H groups in total. The number of hydrogen-bond donors (Lipinski definition) is 1. The number of thiophene rings is 2. The Morgan fingerprint density at radius 2 is 2.10 bits per heavy atom. The minimum Gasteiger partial charge on any atom is -0.462 e. The van der Waals surface area contributed by atoms with Gasteiger partial charge in [-0.15, -0.1) is 22.7 Å². The second kappa shape index (κ2) is 8.95. The van der Waals surface area contributed by atoms with Crippen molar-refractivity contribution in [3.63, 3.8) is 0 Å². The minimum atomic E-state index is -3.59. The molecule has 0 spiro atoms. The first-order valence-electron chi connectivity index (χ1n) is 9.37. The van der Waals surface area contributed by atoms with E-state index in [0.29, 0.717) is 30.0 Å². The Labute approximate surface area is 178 Å². The van der Waals surface area contributed by atoms with Gasteiger partial charge in [0.25, 0.3) is 10.0 Å². The van der Waals surface area contributed by atoms with Crippen molar-refractivity contribution in [3.8, 4) is 0 Å². The molecule has 3 heterocycles. The smallest absolute Gasteiger partial charge is 0.341 e. The molecule has 3 rings (SSSR count). The van der Waals surface area contributed by atoms with Gasteiger partial charge in [0.05, 0.1) is 18.1 Å². The molecule has 1 saturated heterocycles. The van der Waals surface area contributed by atoms with Gasteiger partial charge in [0, 0.05) is 18.0 Å². The van der Waals surface area contributed by atoms with Crippen molar-refractivity contribution in [3.05, 3.63) is 33.5 Å². The van der Waals surface area contributed by atoms with Crippen molar-refractivity contribution in [1.29, 1.82) is 0 Å². The number of nitrogens with one attached hydrogen (secondary N) is 1. The van der Waals surface area contributed by atoms with Gasteiger partial charge >= 0.3 is 5.97 Å². The summed E-state index contributed by atoms with van der Waals surface area (Å²) in [6, 6.07) is 3.27. The third kappa shape index (κ3) is 4.55. The first-order chi connectivity index (χ1) is 13.8. The average molecular weight is 457 g/mol. The molecule has 0 aromatic carbocycles. The van der Waals surface area contributed by atoms with Gasteiger partial charge in [-0.25, -0.2) is 13.2 Å². The molecule has 10 heteroatoms. The third-order valence-electron chi connectivity index (χ3n) is 4.95. The van der Waals surface area contributed by atoms with Gasteiger partial charge in [-0.3, -0.25) is 4.79 Å². The molecule has 0 saturated carbocycles. The summed E-state index contributed by atoms with van der Waals surface area (Å²) >= 11 is 2.50. The molecule has 1 amide bonds. The van der Waals surface area contributed by atoms with E-state index in [9.17, 15) is 18.0 Å². The van der Waals surface area contributed by atoms with E-state index in [1.54, 1.807) is 24.4 Å². The number of piperidine rings is 1. The van der Waals surface area contributed by atoms with Crippen LogP contribution in [0.15, 0.2) is 21.7 Å². The lowest BCUT2D eigenvalue weighted by Gasteiger charge is -2.30. The first kappa shape index (κ1) is 21.9. The fraction of sp³-hybridized carbons (Fsp3) is 0.474. The van der Waals surface area contributed by atoms with E-state index in [0.717, 1.165) is 10.4 Å². The van der Waals surface area contributed by atoms with E-state index in [1.165, 1.54) is 27.0 Å². The standard InChI is InChI=1S/C19H24N2O5S3/c1-4-26-19(23)16-12(2)13(3)28-18(16)20-17(22)14-7-5-9-21(11-14)29(24,25)15-8-6-10-27-15/h6,8,10,14H,4-5,7,9,11H2,1-3H3,(H,20,22). The Morgan fingerprint density at radius 1 is 1.34 bits per heavy atom. The van der Waals surface area contributed by atoms with Crippen molar-refractivity contribution in [2.24, 2.45) is 5.92 Å². The lowest BCUT2D eigenvalue weighted by molar-refractivity contribution is -0.120. The maximum Gasteiger partial charge on any atom is 0.341 e. The number of hydrogen-bond acceptors (Lipinski definition) is 7. The molecule has 7 nitrogen and oxygen atoms in total. The maximum atomic E-state index is 12.9. The Morgan fingerprint density at radius 3 is 2.76 bits per heavy atom. The highest BCUT2D eigenvalue weighted by Gasteiger charge is 2.34. The highest BCUT2D eigenvalue weighted by Crippen LogP contribution is 2.34. The summed E-state index contributed by atoms with van der Waals surface area (Å²) < 4.78 is 32.4. The van der Waals surface area contributed by atoms with E-state index in [4.69, 9.17) is 4.74 Å². The van der Waals surface area contributed by atoms with E-state index < -0.39 is 21.9 Å². The van der Waals surface area contributed by atoms with Gasteiger partial charge in [-0.1, -0.05) is 6.07 Å². The van der Waals surface area contributed by atoms with Gasteiger partial charge in [-0.2, -0.15) is 4.31 Å². The number of anilines is 1. The second-order valence-corrected chi connectivity index (χ2v) is 11.2. The van der Waals surface area contributed by atoms with Crippen molar-refractivity contribution in [2.45, 2.75) is 37.8 Å². The number of ether oxygens (including phenoxy) is 1. The van der Waals surface area contributed by atoms with E-state index in [1.807, 2.05) is 13.8 Å². The Hall–Kier alpha value is -1.75. The zero-order valence-corrected chi connectivity index (χ0v) is 19.0. The number of sulfonamides is 1. The van der Waals surface area contributed by atoms with Gasteiger partial charge in [0.15, 0.2) is 0 Å². The molecular formula is C19H24N2O5S3. The van der Waals surface area contributed by atoms with Crippen LogP contribution in [0.4, 0.5) is 5.00 Å². The third-order valence-corrected chi connectivity index (χ3v) is 9.31. The Bertz CT molecular complexity index is 995. The van der Waals surface area contributed by atoms with Gasteiger partial charge < -0.3 is 10.1 Å². The molecule has 29 heavy (non-hydrogen) atoms. The van der Waals surface area contributed by atoms with Crippen LogP contribution in [0.2, 0.25) is 0 Å². The van der Waals surface area contributed by atoms with Crippen LogP contribution in [0.1, 0.15) is 40.6 Å². The highest BCUT2D eigenvalue weighted by molar-refractivity contribution is 7.91. The molecular weight excluding hydrogens is 432 g/mol. The topological polar surface area (TPSA) is 92.8 Å². The van der Waals surface area contributed by atoms with Gasteiger partial charge in [0.2, 0.25) is 5.91 Å². The van der Waals surface area contributed by atoms with Crippen LogP contribution in [0.5, 0.6) is 0 Å².